The van der Waals surface area contributed by atoms with Crippen LogP contribution in [-0.2, 0) is 16.6 Å². The third kappa shape index (κ3) is 3.57. The van der Waals surface area contributed by atoms with E-state index < -0.39 is 10.0 Å². The standard InChI is InChI=1S/C12H14BrN3O2S2/c1-8-3-12(15-6-11(8)13)16-20(17,18)10-4-9(5-14-2)19-7-10/h3-4,6-7,14H,5H2,1-2H3,(H,15,16). The van der Waals surface area contributed by atoms with Gasteiger partial charge in [-0.3, -0.25) is 4.72 Å². The highest BCUT2D eigenvalue weighted by Crippen LogP contribution is 2.23. The fourth-order valence-corrected chi connectivity index (χ4v) is 4.06. The first-order chi connectivity index (χ1) is 9.42. The van der Waals surface area contributed by atoms with Crippen LogP contribution in [0.5, 0.6) is 0 Å². The Hall–Kier alpha value is -0.960. The van der Waals surface area contributed by atoms with Crippen LogP contribution in [0.15, 0.2) is 33.1 Å². The summed E-state index contributed by atoms with van der Waals surface area (Å²) in [7, 11) is -1.77. The summed E-state index contributed by atoms with van der Waals surface area (Å²) in [5, 5.41) is 4.62. The average Bonchev–Trinajstić information content (AvgIpc) is 2.83. The first kappa shape index (κ1) is 15.4. The van der Waals surface area contributed by atoms with E-state index in [1.54, 1.807) is 23.7 Å². The summed E-state index contributed by atoms with van der Waals surface area (Å²) in [6.45, 7) is 2.52. The molecule has 0 amide bonds. The van der Waals surface area contributed by atoms with Crippen LogP contribution in [0.3, 0.4) is 0 Å². The van der Waals surface area contributed by atoms with E-state index >= 15 is 0 Å². The van der Waals surface area contributed by atoms with Gasteiger partial charge in [0.05, 0.1) is 4.90 Å². The lowest BCUT2D eigenvalue weighted by atomic mass is 10.3. The van der Waals surface area contributed by atoms with Gasteiger partial charge in [-0.15, -0.1) is 11.3 Å². The van der Waals surface area contributed by atoms with Gasteiger partial charge in [-0.2, -0.15) is 0 Å². The molecule has 0 aromatic carbocycles. The summed E-state index contributed by atoms with van der Waals surface area (Å²) in [5.74, 6) is 0.312. The number of aromatic nitrogens is 1. The second-order valence-corrected chi connectivity index (χ2v) is 7.74. The fourth-order valence-electron chi connectivity index (χ4n) is 1.56. The Labute approximate surface area is 130 Å². The van der Waals surface area contributed by atoms with E-state index in [1.807, 2.05) is 14.0 Å². The van der Waals surface area contributed by atoms with Crippen molar-refractivity contribution < 1.29 is 8.42 Å². The number of nitrogens with one attached hydrogen (secondary N) is 2. The summed E-state index contributed by atoms with van der Waals surface area (Å²) in [6, 6.07) is 3.34. The van der Waals surface area contributed by atoms with Crippen LogP contribution in [0.2, 0.25) is 0 Å². The number of halogens is 1. The second kappa shape index (κ2) is 6.21. The van der Waals surface area contributed by atoms with Gasteiger partial charge in [0.15, 0.2) is 0 Å². The third-order valence-electron chi connectivity index (χ3n) is 2.58. The molecule has 8 heteroatoms. The minimum atomic E-state index is -3.59. The highest BCUT2D eigenvalue weighted by atomic mass is 79.9. The average molecular weight is 376 g/mol. The van der Waals surface area contributed by atoms with Crippen molar-refractivity contribution in [3.8, 4) is 0 Å². The van der Waals surface area contributed by atoms with E-state index in [0.29, 0.717) is 12.4 Å². The molecule has 2 aromatic heterocycles. The van der Waals surface area contributed by atoms with Gasteiger partial charge in [0.25, 0.3) is 10.0 Å². The van der Waals surface area contributed by atoms with Crippen LogP contribution in [0.1, 0.15) is 10.4 Å². The molecule has 0 aliphatic rings. The van der Waals surface area contributed by atoms with Gasteiger partial charge in [0.1, 0.15) is 5.82 Å². The largest absolute Gasteiger partial charge is 0.315 e. The molecule has 0 bridgehead atoms. The minimum absolute atomic E-state index is 0.259. The summed E-state index contributed by atoms with van der Waals surface area (Å²) >= 11 is 4.74. The topological polar surface area (TPSA) is 71.1 Å². The van der Waals surface area contributed by atoms with Crippen LogP contribution in [0.25, 0.3) is 0 Å². The highest BCUT2D eigenvalue weighted by molar-refractivity contribution is 9.10. The van der Waals surface area contributed by atoms with E-state index in [2.05, 4.69) is 31.0 Å². The Morgan fingerprint density at radius 1 is 1.40 bits per heavy atom. The summed E-state index contributed by atoms with van der Waals surface area (Å²) in [6.07, 6.45) is 1.58. The maximum absolute atomic E-state index is 12.2. The molecule has 0 aliphatic carbocycles. The Morgan fingerprint density at radius 2 is 2.15 bits per heavy atom. The number of sulfonamides is 1. The lowest BCUT2D eigenvalue weighted by Crippen LogP contribution is -2.13. The van der Waals surface area contributed by atoms with Crippen LogP contribution in [-0.4, -0.2) is 20.4 Å². The van der Waals surface area contributed by atoms with Crippen molar-refractivity contribution in [2.24, 2.45) is 0 Å². The fraction of sp³-hybridized carbons (Fsp3) is 0.250. The smallest absolute Gasteiger partial charge is 0.263 e. The zero-order chi connectivity index (χ0) is 14.8. The van der Waals surface area contributed by atoms with E-state index in [1.165, 1.54) is 11.3 Å². The molecule has 0 fully saturated rings. The summed E-state index contributed by atoms with van der Waals surface area (Å²) < 4.78 is 27.8. The van der Waals surface area contributed by atoms with Crippen LogP contribution >= 0.6 is 27.3 Å². The molecular weight excluding hydrogens is 362 g/mol. The van der Waals surface area contributed by atoms with Crippen LogP contribution < -0.4 is 10.0 Å². The molecular formula is C12H14BrN3O2S2. The van der Waals surface area contributed by atoms with E-state index in [4.69, 9.17) is 0 Å². The SMILES string of the molecule is CNCc1cc(S(=O)(=O)Nc2cc(C)c(Br)cn2)cs1. The molecule has 2 rings (SSSR count). The Kier molecular flexibility index (Phi) is 4.79. The molecule has 20 heavy (non-hydrogen) atoms. The van der Waals surface area contributed by atoms with Gasteiger partial charge >= 0.3 is 0 Å². The highest BCUT2D eigenvalue weighted by Gasteiger charge is 2.17. The predicted octanol–water partition coefficient (Wildman–Crippen LogP) is 2.73. The molecule has 0 aliphatic heterocycles. The maximum Gasteiger partial charge on any atom is 0.263 e. The van der Waals surface area contributed by atoms with Gasteiger partial charge < -0.3 is 5.32 Å². The number of nitrogens with zero attached hydrogens (tertiary/aromatic N) is 1. The maximum atomic E-state index is 12.2. The lowest BCUT2D eigenvalue weighted by molar-refractivity contribution is 0.601. The normalized spacial score (nSPS) is 11.6. The van der Waals surface area contributed by atoms with Crippen molar-refractivity contribution in [1.82, 2.24) is 10.3 Å². The molecule has 0 radical (unpaired) electrons. The molecule has 0 saturated carbocycles. The van der Waals surface area contributed by atoms with Gasteiger partial charge in [-0.25, -0.2) is 13.4 Å². The zero-order valence-corrected chi connectivity index (χ0v) is 14.2. The van der Waals surface area contributed by atoms with Gasteiger partial charge in [-0.1, -0.05) is 0 Å². The Balaban J connectivity index is 2.23. The van der Waals surface area contributed by atoms with E-state index in [9.17, 15) is 8.42 Å². The zero-order valence-electron chi connectivity index (χ0n) is 11.0. The van der Waals surface area contributed by atoms with Crippen molar-refractivity contribution in [3.05, 3.63) is 38.6 Å². The first-order valence-electron chi connectivity index (χ1n) is 5.79. The number of aryl methyl sites for hydroxylation is 1. The molecule has 2 N–H and O–H groups in total. The minimum Gasteiger partial charge on any atom is -0.315 e. The van der Waals surface area contributed by atoms with Crippen molar-refractivity contribution in [2.45, 2.75) is 18.4 Å². The molecule has 0 saturated heterocycles. The van der Waals surface area contributed by atoms with Crippen molar-refractivity contribution >= 4 is 43.1 Å². The number of hydrogen-bond donors (Lipinski definition) is 2. The predicted molar refractivity (Wildman–Crippen MR) is 84.6 cm³/mol. The summed E-state index contributed by atoms with van der Waals surface area (Å²) in [4.78, 5) is 5.27. The third-order valence-corrected chi connectivity index (χ3v) is 5.83. The number of rotatable bonds is 5. The second-order valence-electron chi connectivity index (χ2n) is 4.20. The van der Waals surface area contributed by atoms with Crippen molar-refractivity contribution in [2.75, 3.05) is 11.8 Å². The first-order valence-corrected chi connectivity index (χ1v) is 8.95. The van der Waals surface area contributed by atoms with Crippen molar-refractivity contribution in [3.63, 3.8) is 0 Å². The molecule has 108 valence electrons. The molecule has 5 nitrogen and oxygen atoms in total. The van der Waals surface area contributed by atoms with Gasteiger partial charge in [0.2, 0.25) is 0 Å². The number of anilines is 1. The molecule has 2 aromatic rings. The number of thiophene rings is 1. The van der Waals surface area contributed by atoms with Crippen LogP contribution in [0, 0.1) is 6.92 Å². The molecule has 0 atom stereocenters. The van der Waals surface area contributed by atoms with Crippen molar-refractivity contribution in [1.29, 1.82) is 0 Å². The lowest BCUT2D eigenvalue weighted by Gasteiger charge is -2.07. The van der Waals surface area contributed by atoms with Gasteiger partial charge in [-0.05, 0) is 47.6 Å². The number of hydrogen-bond acceptors (Lipinski definition) is 5. The van der Waals surface area contributed by atoms with E-state index in [-0.39, 0.29) is 4.90 Å². The van der Waals surface area contributed by atoms with E-state index in [0.717, 1.165) is 14.9 Å². The Morgan fingerprint density at radius 3 is 2.80 bits per heavy atom. The Bertz CT molecular complexity index is 713. The van der Waals surface area contributed by atoms with Crippen LogP contribution in [0.4, 0.5) is 5.82 Å². The monoisotopic (exact) mass is 375 g/mol. The molecule has 0 unspecified atom stereocenters. The molecule has 0 spiro atoms. The van der Waals surface area contributed by atoms with Gasteiger partial charge in [0, 0.05) is 27.5 Å². The quantitative estimate of drug-likeness (QED) is 0.842. The summed E-state index contributed by atoms with van der Waals surface area (Å²) in [5.41, 5.74) is 0.916. The number of pyridine rings is 1. The molecule has 2 heterocycles.